The van der Waals surface area contributed by atoms with Gasteiger partial charge in [0.25, 0.3) is 17.7 Å². The van der Waals surface area contributed by atoms with Gasteiger partial charge in [-0.3, -0.25) is 39.1 Å². The number of aryl methyl sites for hydroxylation is 1. The predicted octanol–water partition coefficient (Wildman–Crippen LogP) is 4.38. The highest BCUT2D eigenvalue weighted by Crippen LogP contribution is 2.37. The first-order valence-corrected chi connectivity index (χ1v) is 22.1. The Hall–Kier alpha value is -6.82. The minimum atomic E-state index is -1.09. The molecule has 3 aromatic heterocycles. The zero-order valence-corrected chi connectivity index (χ0v) is 35.5. The van der Waals surface area contributed by atoms with Crippen molar-refractivity contribution in [3.05, 3.63) is 95.6 Å². The molecule has 1 aliphatic carbocycles. The van der Waals surface area contributed by atoms with Crippen molar-refractivity contribution in [2.45, 2.75) is 70.0 Å². The van der Waals surface area contributed by atoms with Crippen molar-refractivity contribution < 1.29 is 28.4 Å². The van der Waals surface area contributed by atoms with Gasteiger partial charge in [-0.05, 0) is 106 Å². The predicted molar refractivity (Wildman–Crippen MR) is 235 cm³/mol. The monoisotopic (exact) mass is 868 g/mol. The van der Waals surface area contributed by atoms with Crippen LogP contribution in [0.1, 0.15) is 87.9 Å². The van der Waals surface area contributed by atoms with Gasteiger partial charge in [0.05, 0.1) is 23.1 Å². The van der Waals surface area contributed by atoms with Crippen molar-refractivity contribution >= 4 is 63.6 Å². The van der Waals surface area contributed by atoms with Crippen molar-refractivity contribution in [1.82, 2.24) is 44.9 Å². The lowest BCUT2D eigenvalue weighted by molar-refractivity contribution is -0.136. The van der Waals surface area contributed by atoms with Crippen molar-refractivity contribution in [1.29, 1.82) is 0 Å². The third-order valence-electron chi connectivity index (χ3n) is 13.5. The molecule has 2 aromatic carbocycles. The fourth-order valence-electron chi connectivity index (χ4n) is 9.74. The van der Waals surface area contributed by atoms with E-state index in [9.17, 15) is 24.0 Å². The van der Waals surface area contributed by atoms with Gasteiger partial charge in [0.1, 0.15) is 23.9 Å². The summed E-state index contributed by atoms with van der Waals surface area (Å²) in [4.78, 5) is 89.0. The molecule has 1 saturated carbocycles. The minimum Gasteiger partial charge on any atom is -0.369 e. The van der Waals surface area contributed by atoms with Crippen LogP contribution in [0.4, 0.5) is 27.3 Å². The summed E-state index contributed by atoms with van der Waals surface area (Å²) in [6, 6.07) is 15.5. The number of imide groups is 2. The highest BCUT2D eigenvalue weighted by atomic mass is 19.1. The molecule has 0 radical (unpaired) electrons. The van der Waals surface area contributed by atoms with E-state index in [1.165, 1.54) is 6.07 Å². The van der Waals surface area contributed by atoms with Crippen molar-refractivity contribution in [3.63, 3.8) is 0 Å². The van der Waals surface area contributed by atoms with E-state index in [0.717, 1.165) is 98.5 Å². The Balaban J connectivity index is 0.670. The van der Waals surface area contributed by atoms with Gasteiger partial charge in [0.2, 0.25) is 11.8 Å². The summed E-state index contributed by atoms with van der Waals surface area (Å²) < 4.78 is 17.5. The summed E-state index contributed by atoms with van der Waals surface area (Å²) in [7, 11) is 0. The molecule has 18 heteroatoms. The number of rotatable bonds is 11. The number of amides is 5. The van der Waals surface area contributed by atoms with Crippen LogP contribution >= 0.6 is 0 Å². The zero-order chi connectivity index (χ0) is 44.1. The fraction of sp³-hybridized carbons (Fsp3) is 0.413. The van der Waals surface area contributed by atoms with Crippen LogP contribution in [0, 0.1) is 18.7 Å². The van der Waals surface area contributed by atoms with Gasteiger partial charge in [0, 0.05) is 74.8 Å². The summed E-state index contributed by atoms with van der Waals surface area (Å²) in [6.07, 6.45) is 7.82. The molecule has 1 atom stereocenters. The first-order valence-electron chi connectivity index (χ1n) is 22.1. The molecular weight excluding hydrogens is 820 g/mol. The second kappa shape index (κ2) is 17.0. The molecule has 10 rings (SSSR count). The molecule has 3 N–H and O–H groups in total. The van der Waals surface area contributed by atoms with Crippen molar-refractivity contribution in [3.8, 4) is 0 Å². The van der Waals surface area contributed by atoms with Gasteiger partial charge in [-0.15, -0.1) is 0 Å². The quantitative estimate of drug-likeness (QED) is 0.159. The van der Waals surface area contributed by atoms with Crippen LogP contribution in [0.2, 0.25) is 0 Å². The van der Waals surface area contributed by atoms with E-state index in [1.807, 2.05) is 24.0 Å². The number of fused-ring (bicyclic) bond motifs is 2. The molecule has 5 aromatic rings. The lowest BCUT2D eigenvalue weighted by Crippen LogP contribution is -2.54. The van der Waals surface area contributed by atoms with E-state index in [1.54, 1.807) is 18.7 Å². The second-order valence-electron chi connectivity index (χ2n) is 17.5. The van der Waals surface area contributed by atoms with Crippen LogP contribution in [0.5, 0.6) is 0 Å². The number of halogens is 1. The number of aromatic nitrogens is 5. The number of nitrogens with zero attached hydrogens (tertiary/aromatic N) is 9. The third-order valence-corrected chi connectivity index (χ3v) is 13.5. The highest BCUT2D eigenvalue weighted by molar-refractivity contribution is 6.23. The van der Waals surface area contributed by atoms with Crippen LogP contribution in [-0.2, 0) is 9.59 Å². The molecule has 5 amide bonds. The van der Waals surface area contributed by atoms with E-state index in [-0.39, 0.29) is 42.0 Å². The Labute approximate surface area is 368 Å². The number of hydrogen-bond acceptors (Lipinski definition) is 13. The summed E-state index contributed by atoms with van der Waals surface area (Å²) in [5, 5.41) is 8.72. The number of hydrogen-bond donors (Lipinski definition) is 3. The fourth-order valence-corrected chi connectivity index (χ4v) is 9.74. The molecule has 3 saturated heterocycles. The van der Waals surface area contributed by atoms with E-state index in [0.29, 0.717) is 41.7 Å². The SMILES string of the molecule is Cc1cccc(C(=O)NC2CC(n3cnc4c(Nc5ccc(N6CCN(CCC7CCN(c8cc9c(cc8F)C(=O)N([C@H]8CCC(=O)NC8=O)C9=O)CC7)CC6)cc5)ncnc43)C2)n1. The number of carbonyl (C=O) groups excluding carboxylic acids is 5. The topological polar surface area (TPSA) is 191 Å². The molecule has 4 aliphatic heterocycles. The number of pyridine rings is 1. The lowest BCUT2D eigenvalue weighted by Gasteiger charge is -2.38. The van der Waals surface area contributed by atoms with E-state index in [4.69, 9.17) is 0 Å². The Bertz CT molecular complexity index is 2650. The number of imidazole rings is 1. The van der Waals surface area contributed by atoms with Gasteiger partial charge in [-0.2, -0.15) is 0 Å². The van der Waals surface area contributed by atoms with Crippen LogP contribution in [-0.4, -0.2) is 122 Å². The second-order valence-corrected chi connectivity index (χ2v) is 17.5. The summed E-state index contributed by atoms with van der Waals surface area (Å²) in [6.45, 7) is 7.90. The van der Waals surface area contributed by atoms with E-state index in [2.05, 4.69) is 74.5 Å². The number of carbonyl (C=O) groups is 5. The molecular formula is C46H49FN12O5. The highest BCUT2D eigenvalue weighted by Gasteiger charge is 2.45. The van der Waals surface area contributed by atoms with E-state index < -0.39 is 35.5 Å². The maximum Gasteiger partial charge on any atom is 0.270 e. The molecule has 0 unspecified atom stereocenters. The van der Waals surface area contributed by atoms with Gasteiger partial charge in [-0.1, -0.05) is 6.07 Å². The third kappa shape index (κ3) is 8.01. The molecule has 4 fully saturated rings. The summed E-state index contributed by atoms with van der Waals surface area (Å²) >= 11 is 0. The largest absolute Gasteiger partial charge is 0.369 e. The number of piperidine rings is 2. The number of benzene rings is 2. The van der Waals surface area contributed by atoms with Gasteiger partial charge in [0.15, 0.2) is 17.0 Å². The molecule has 5 aliphatic rings. The number of nitrogens with one attached hydrogen (secondary N) is 3. The maximum absolute atomic E-state index is 15.5. The average molecular weight is 869 g/mol. The lowest BCUT2D eigenvalue weighted by atomic mass is 9.86. The van der Waals surface area contributed by atoms with Gasteiger partial charge >= 0.3 is 0 Å². The first kappa shape index (κ1) is 41.2. The molecule has 64 heavy (non-hydrogen) atoms. The van der Waals surface area contributed by atoms with Crippen molar-refractivity contribution in [2.75, 3.05) is 60.9 Å². The van der Waals surface area contributed by atoms with E-state index >= 15 is 4.39 Å². The summed E-state index contributed by atoms with van der Waals surface area (Å²) in [5.74, 6) is -2.07. The normalized spacial score (nSPS) is 21.8. The average Bonchev–Trinajstić information content (AvgIpc) is 3.82. The molecule has 0 bridgehead atoms. The Morgan fingerprint density at radius 1 is 0.859 bits per heavy atom. The van der Waals surface area contributed by atoms with Crippen molar-refractivity contribution in [2.24, 2.45) is 5.92 Å². The number of anilines is 4. The molecule has 0 spiro atoms. The van der Waals surface area contributed by atoms with Crippen LogP contribution in [0.3, 0.4) is 0 Å². The van der Waals surface area contributed by atoms with Crippen LogP contribution < -0.4 is 25.8 Å². The molecule has 330 valence electrons. The molecule has 17 nitrogen and oxygen atoms in total. The smallest absolute Gasteiger partial charge is 0.270 e. The maximum atomic E-state index is 15.5. The Morgan fingerprint density at radius 3 is 2.34 bits per heavy atom. The number of piperazine rings is 1. The minimum absolute atomic E-state index is 0.0241. The van der Waals surface area contributed by atoms with Gasteiger partial charge in [-0.25, -0.2) is 24.3 Å². The van der Waals surface area contributed by atoms with Crippen LogP contribution in [0.15, 0.2) is 67.3 Å². The van der Waals surface area contributed by atoms with Gasteiger partial charge < -0.3 is 25.0 Å². The Morgan fingerprint density at radius 2 is 1.61 bits per heavy atom. The first-order chi connectivity index (χ1) is 31.1. The Kier molecular flexibility index (Phi) is 11.0. The summed E-state index contributed by atoms with van der Waals surface area (Å²) in [5.41, 5.74) is 5.07. The zero-order valence-electron chi connectivity index (χ0n) is 35.5. The molecule has 7 heterocycles. The van der Waals surface area contributed by atoms with Crippen LogP contribution in [0.25, 0.3) is 11.2 Å². The standard InChI is InChI=1S/C46H49FN12O5/c1-27-3-2-4-36(51-27)43(61)53-30-21-32(22-30)58-26-50-40-41(48-25-49-42(40)58)52-29-5-7-31(8-6-29)56-19-17-55(18-20-56)14-11-28-12-15-57(16-13-28)38-24-34-33(23-35(38)47)45(63)59(46(34)64)37-9-10-39(60)54-44(37)62/h2-8,23-26,28,30,32,37H,9-22H2,1H3,(H,53,61)(H,48,49,52)(H,54,60,62)/t30?,32?,37-/m0/s1.